The molecule has 1 rings (SSSR count). The van der Waals surface area contributed by atoms with E-state index in [2.05, 4.69) is 0 Å². The number of hydrogen-bond acceptors (Lipinski definition) is 3. The van der Waals surface area contributed by atoms with Gasteiger partial charge < -0.3 is 4.74 Å². The second-order valence-electron chi connectivity index (χ2n) is 4.63. The normalized spacial score (nSPS) is 17.9. The molecule has 1 saturated carbocycles. The predicted molar refractivity (Wildman–Crippen MR) is 66.6 cm³/mol. The van der Waals surface area contributed by atoms with Crippen molar-refractivity contribution in [3.63, 3.8) is 0 Å². The number of allylic oxidation sites excluding steroid dienone is 1. The molecule has 0 N–H and O–H groups in total. The van der Waals surface area contributed by atoms with Crippen molar-refractivity contribution in [3.8, 4) is 0 Å². The van der Waals surface area contributed by atoms with E-state index >= 15 is 0 Å². The molecule has 1 fully saturated rings. The van der Waals surface area contributed by atoms with E-state index in [-0.39, 0.29) is 11.4 Å². The summed E-state index contributed by atoms with van der Waals surface area (Å²) in [6.45, 7) is 3.48. The fourth-order valence-electron chi connectivity index (χ4n) is 2.29. The molecule has 0 bridgehead atoms. The third kappa shape index (κ3) is 4.72. The zero-order valence-electron chi connectivity index (χ0n) is 10.8. The number of carbonyl (C=O) groups is 2. The second kappa shape index (κ2) is 7.25. The fourth-order valence-corrected chi connectivity index (χ4v) is 2.29. The summed E-state index contributed by atoms with van der Waals surface area (Å²) in [5.41, 5.74) is 0.220. The Bertz CT molecular complexity index is 299. The lowest BCUT2D eigenvalue weighted by atomic mass is 9.86. The number of hydrogen-bond donors (Lipinski definition) is 0. The van der Waals surface area contributed by atoms with Crippen molar-refractivity contribution >= 4 is 11.8 Å². The highest BCUT2D eigenvalue weighted by molar-refractivity contribution is 6.16. The molecular weight excluding hydrogens is 216 g/mol. The van der Waals surface area contributed by atoms with Gasteiger partial charge in [0.25, 0.3) is 0 Å². The van der Waals surface area contributed by atoms with Crippen LogP contribution in [0.5, 0.6) is 0 Å². The minimum absolute atomic E-state index is 0.195. The van der Waals surface area contributed by atoms with E-state index in [1.165, 1.54) is 39.0 Å². The number of ether oxygens (including phenoxy) is 1. The van der Waals surface area contributed by atoms with Crippen LogP contribution in [-0.4, -0.2) is 18.4 Å². The maximum absolute atomic E-state index is 11.5. The molecule has 3 heteroatoms. The SMILES string of the molecule is CCOC(=O)C(=CCC1CCCCC1)C(C)=O. The molecule has 0 aromatic heterocycles. The molecule has 0 spiro atoms. The van der Waals surface area contributed by atoms with Gasteiger partial charge in [0.1, 0.15) is 0 Å². The lowest BCUT2D eigenvalue weighted by Crippen LogP contribution is -2.14. The Hall–Kier alpha value is -1.12. The van der Waals surface area contributed by atoms with Gasteiger partial charge in [0.15, 0.2) is 5.78 Å². The van der Waals surface area contributed by atoms with E-state index in [1.54, 1.807) is 13.0 Å². The van der Waals surface area contributed by atoms with Gasteiger partial charge in [-0.05, 0) is 26.2 Å². The Kier molecular flexibility index (Phi) is 5.95. The smallest absolute Gasteiger partial charge is 0.341 e. The van der Waals surface area contributed by atoms with Crippen molar-refractivity contribution in [1.29, 1.82) is 0 Å². The van der Waals surface area contributed by atoms with Gasteiger partial charge in [0, 0.05) is 0 Å². The summed E-state index contributed by atoms with van der Waals surface area (Å²) in [5.74, 6) is -0.0393. The number of Topliss-reactive ketones (excluding diaryl/α,β-unsaturated/α-hetero) is 1. The molecule has 0 atom stereocenters. The lowest BCUT2D eigenvalue weighted by molar-refractivity contribution is -0.139. The maximum Gasteiger partial charge on any atom is 0.341 e. The van der Waals surface area contributed by atoms with Gasteiger partial charge in [-0.2, -0.15) is 0 Å². The zero-order valence-corrected chi connectivity index (χ0v) is 10.8. The molecular formula is C14H22O3. The average Bonchev–Trinajstić information content (AvgIpc) is 2.30. The summed E-state index contributed by atoms with van der Waals surface area (Å²) >= 11 is 0. The van der Waals surface area contributed by atoms with Crippen LogP contribution in [0.1, 0.15) is 52.4 Å². The molecule has 0 amide bonds. The fraction of sp³-hybridized carbons (Fsp3) is 0.714. The van der Waals surface area contributed by atoms with Gasteiger partial charge in [-0.15, -0.1) is 0 Å². The summed E-state index contributed by atoms with van der Waals surface area (Å²) in [6.07, 6.45) is 8.89. The van der Waals surface area contributed by atoms with Gasteiger partial charge in [0.2, 0.25) is 0 Å². The van der Waals surface area contributed by atoms with Crippen molar-refractivity contribution in [2.45, 2.75) is 52.4 Å². The van der Waals surface area contributed by atoms with E-state index in [0.29, 0.717) is 12.5 Å². The van der Waals surface area contributed by atoms with Crippen molar-refractivity contribution in [3.05, 3.63) is 11.6 Å². The lowest BCUT2D eigenvalue weighted by Gasteiger charge is -2.20. The van der Waals surface area contributed by atoms with E-state index < -0.39 is 5.97 Å². The van der Waals surface area contributed by atoms with Gasteiger partial charge in [-0.1, -0.05) is 38.2 Å². The Labute approximate surface area is 103 Å². The van der Waals surface area contributed by atoms with Crippen LogP contribution in [0.15, 0.2) is 11.6 Å². The maximum atomic E-state index is 11.5. The first-order chi connectivity index (χ1) is 8.15. The van der Waals surface area contributed by atoms with E-state index in [0.717, 1.165) is 6.42 Å². The predicted octanol–water partition coefficient (Wildman–Crippen LogP) is 3.04. The zero-order chi connectivity index (χ0) is 12.7. The van der Waals surface area contributed by atoms with Crippen molar-refractivity contribution in [2.75, 3.05) is 6.61 Å². The van der Waals surface area contributed by atoms with Crippen molar-refractivity contribution < 1.29 is 14.3 Å². The molecule has 3 nitrogen and oxygen atoms in total. The van der Waals surface area contributed by atoms with Crippen molar-refractivity contribution in [1.82, 2.24) is 0 Å². The first-order valence-corrected chi connectivity index (χ1v) is 6.53. The summed E-state index contributed by atoms with van der Waals surface area (Å²) in [7, 11) is 0. The first kappa shape index (κ1) is 13.9. The molecule has 0 aromatic rings. The second-order valence-corrected chi connectivity index (χ2v) is 4.63. The summed E-state index contributed by atoms with van der Waals surface area (Å²) in [6, 6.07) is 0. The summed E-state index contributed by atoms with van der Waals surface area (Å²) < 4.78 is 4.88. The molecule has 1 aliphatic rings. The Morgan fingerprint density at radius 3 is 2.41 bits per heavy atom. The highest BCUT2D eigenvalue weighted by Crippen LogP contribution is 2.27. The van der Waals surface area contributed by atoms with E-state index in [4.69, 9.17) is 4.74 Å². The molecule has 0 aliphatic heterocycles. The molecule has 0 unspecified atom stereocenters. The topological polar surface area (TPSA) is 43.4 Å². The van der Waals surface area contributed by atoms with Gasteiger partial charge in [0.05, 0.1) is 12.2 Å². The van der Waals surface area contributed by atoms with Crippen LogP contribution < -0.4 is 0 Å². The number of carbonyl (C=O) groups excluding carboxylic acids is 2. The molecule has 1 aliphatic carbocycles. The van der Waals surface area contributed by atoms with Crippen LogP contribution in [-0.2, 0) is 14.3 Å². The Balaban J connectivity index is 2.56. The summed E-state index contributed by atoms with van der Waals surface area (Å²) in [4.78, 5) is 22.9. The van der Waals surface area contributed by atoms with Gasteiger partial charge in [-0.3, -0.25) is 4.79 Å². The van der Waals surface area contributed by atoms with Gasteiger partial charge >= 0.3 is 5.97 Å². The number of ketones is 1. The van der Waals surface area contributed by atoms with Crippen molar-refractivity contribution in [2.24, 2.45) is 5.92 Å². The quantitative estimate of drug-likeness (QED) is 0.320. The Morgan fingerprint density at radius 2 is 1.88 bits per heavy atom. The van der Waals surface area contributed by atoms with Crippen LogP contribution in [0.2, 0.25) is 0 Å². The van der Waals surface area contributed by atoms with Crippen LogP contribution in [0.3, 0.4) is 0 Å². The minimum Gasteiger partial charge on any atom is -0.462 e. The molecule has 0 saturated heterocycles. The highest BCUT2D eigenvalue weighted by Gasteiger charge is 2.17. The number of rotatable bonds is 5. The van der Waals surface area contributed by atoms with Crippen LogP contribution >= 0.6 is 0 Å². The first-order valence-electron chi connectivity index (χ1n) is 6.53. The molecule has 0 aromatic carbocycles. The van der Waals surface area contributed by atoms with E-state index in [1.807, 2.05) is 0 Å². The van der Waals surface area contributed by atoms with E-state index in [9.17, 15) is 9.59 Å². The Morgan fingerprint density at radius 1 is 1.24 bits per heavy atom. The number of esters is 1. The third-order valence-corrected chi connectivity index (χ3v) is 3.25. The third-order valence-electron chi connectivity index (χ3n) is 3.25. The largest absolute Gasteiger partial charge is 0.462 e. The average molecular weight is 238 g/mol. The minimum atomic E-state index is -0.476. The molecule has 17 heavy (non-hydrogen) atoms. The molecule has 0 heterocycles. The van der Waals surface area contributed by atoms with Crippen LogP contribution in [0.4, 0.5) is 0 Å². The van der Waals surface area contributed by atoms with Crippen LogP contribution in [0.25, 0.3) is 0 Å². The van der Waals surface area contributed by atoms with Gasteiger partial charge in [-0.25, -0.2) is 4.79 Å². The monoisotopic (exact) mass is 238 g/mol. The molecule has 96 valence electrons. The van der Waals surface area contributed by atoms with Crippen LogP contribution in [0, 0.1) is 5.92 Å². The highest BCUT2D eigenvalue weighted by atomic mass is 16.5. The standard InChI is InChI=1S/C14H22O3/c1-3-17-14(16)13(11(2)15)10-9-12-7-5-4-6-8-12/h10,12H,3-9H2,1-2H3. The summed E-state index contributed by atoms with van der Waals surface area (Å²) in [5, 5.41) is 0. The molecule has 0 radical (unpaired) electrons.